The zero-order valence-electron chi connectivity index (χ0n) is 19.6. The first-order valence-electron chi connectivity index (χ1n) is 11.0. The molecule has 4 aromatic rings. The second-order valence-electron chi connectivity index (χ2n) is 8.02. The first kappa shape index (κ1) is 24.2. The zero-order valence-corrected chi connectivity index (χ0v) is 20.4. The molecule has 8 nitrogen and oxygen atoms in total. The van der Waals surface area contributed by atoms with Crippen molar-refractivity contribution in [2.75, 3.05) is 19.0 Å². The molecule has 0 aliphatic carbocycles. The van der Waals surface area contributed by atoms with Gasteiger partial charge in [-0.25, -0.2) is 8.42 Å². The smallest absolute Gasteiger partial charge is 0.243 e. The Morgan fingerprint density at radius 3 is 1.60 bits per heavy atom. The average molecular weight is 487 g/mol. The molecular formula is C26H26N6O2S. The molecule has 0 saturated carbocycles. The fourth-order valence-corrected chi connectivity index (χ4v) is 4.72. The quantitative estimate of drug-likeness (QED) is 0.298. The lowest BCUT2D eigenvalue weighted by atomic mass is 10.3. The highest BCUT2D eigenvalue weighted by Crippen LogP contribution is 2.25. The molecule has 0 N–H and O–H groups in total. The Morgan fingerprint density at radius 1 is 0.686 bits per heavy atom. The van der Waals surface area contributed by atoms with Crippen LogP contribution in [-0.2, 0) is 23.1 Å². The van der Waals surface area contributed by atoms with Crippen molar-refractivity contribution in [2.24, 2.45) is 10.2 Å². The Morgan fingerprint density at radius 2 is 1.17 bits per heavy atom. The SMILES string of the molecule is CN(C)c1ccc(N=Nc2ccc(S(=O)(=O)N(Cc3ccccn3)Cc3ccccn3)cc2)cc1. The molecule has 9 heteroatoms. The van der Waals surface area contributed by atoms with Crippen LogP contribution in [0.25, 0.3) is 0 Å². The van der Waals surface area contributed by atoms with Crippen LogP contribution in [-0.4, -0.2) is 36.8 Å². The Hall–Kier alpha value is -3.95. The van der Waals surface area contributed by atoms with E-state index >= 15 is 0 Å². The van der Waals surface area contributed by atoms with Gasteiger partial charge in [0.2, 0.25) is 10.0 Å². The molecule has 0 fully saturated rings. The third kappa shape index (κ3) is 6.34. The van der Waals surface area contributed by atoms with E-state index in [0.717, 1.165) is 5.69 Å². The molecule has 0 unspecified atom stereocenters. The van der Waals surface area contributed by atoms with Crippen molar-refractivity contribution in [1.82, 2.24) is 14.3 Å². The summed E-state index contributed by atoms with van der Waals surface area (Å²) >= 11 is 0. The minimum atomic E-state index is -3.82. The summed E-state index contributed by atoms with van der Waals surface area (Å²) < 4.78 is 28.4. The van der Waals surface area contributed by atoms with Crippen molar-refractivity contribution in [3.63, 3.8) is 0 Å². The number of azo groups is 1. The van der Waals surface area contributed by atoms with E-state index in [1.165, 1.54) is 4.31 Å². The molecule has 2 aromatic carbocycles. The molecular weight excluding hydrogens is 460 g/mol. The number of hydrogen-bond donors (Lipinski definition) is 0. The molecule has 0 aliphatic rings. The highest BCUT2D eigenvalue weighted by atomic mass is 32.2. The number of benzene rings is 2. The number of rotatable bonds is 9. The minimum absolute atomic E-state index is 0.129. The van der Waals surface area contributed by atoms with E-state index in [-0.39, 0.29) is 18.0 Å². The van der Waals surface area contributed by atoms with E-state index in [1.54, 1.807) is 60.9 Å². The summed E-state index contributed by atoms with van der Waals surface area (Å²) in [6, 6.07) is 24.9. The zero-order chi connectivity index (χ0) is 24.7. The Balaban J connectivity index is 1.54. The third-order valence-electron chi connectivity index (χ3n) is 5.25. The van der Waals surface area contributed by atoms with Crippen LogP contribution in [0.2, 0.25) is 0 Å². The molecule has 2 heterocycles. The fourth-order valence-electron chi connectivity index (χ4n) is 3.34. The predicted octanol–water partition coefficient (Wildman–Crippen LogP) is 5.35. The van der Waals surface area contributed by atoms with Crippen molar-refractivity contribution < 1.29 is 8.42 Å². The molecule has 35 heavy (non-hydrogen) atoms. The second-order valence-corrected chi connectivity index (χ2v) is 9.96. The summed E-state index contributed by atoms with van der Waals surface area (Å²) in [6.45, 7) is 0.258. The van der Waals surface area contributed by atoms with Crippen molar-refractivity contribution >= 4 is 27.1 Å². The van der Waals surface area contributed by atoms with Gasteiger partial charge in [-0.2, -0.15) is 14.5 Å². The van der Waals surface area contributed by atoms with E-state index in [1.807, 2.05) is 55.4 Å². The largest absolute Gasteiger partial charge is 0.378 e. The van der Waals surface area contributed by atoms with E-state index in [0.29, 0.717) is 22.8 Å². The van der Waals surface area contributed by atoms with Crippen LogP contribution in [0.15, 0.2) is 112 Å². The van der Waals surface area contributed by atoms with Crippen molar-refractivity contribution in [3.8, 4) is 0 Å². The molecule has 0 spiro atoms. The number of pyridine rings is 2. The van der Waals surface area contributed by atoms with Gasteiger partial charge in [-0.05, 0) is 72.8 Å². The average Bonchev–Trinajstić information content (AvgIpc) is 2.89. The van der Waals surface area contributed by atoms with Crippen LogP contribution in [0.4, 0.5) is 17.1 Å². The summed E-state index contributed by atoms with van der Waals surface area (Å²) in [7, 11) is 0.127. The van der Waals surface area contributed by atoms with Crippen LogP contribution in [0.3, 0.4) is 0 Å². The molecule has 0 radical (unpaired) electrons. The first-order valence-corrected chi connectivity index (χ1v) is 12.4. The standard InChI is InChI=1S/C26H26N6O2S/c1-31(2)25-13-9-21(10-14-25)29-30-22-11-15-26(16-12-22)35(33,34)32(19-23-7-3-5-17-27-23)20-24-8-4-6-18-28-24/h3-18H,19-20H2,1-2H3. The van der Waals surface area contributed by atoms with Crippen LogP contribution >= 0.6 is 0 Å². The maximum atomic E-state index is 13.5. The fraction of sp³-hybridized carbons (Fsp3) is 0.154. The topological polar surface area (TPSA) is 91.1 Å². The first-order chi connectivity index (χ1) is 16.9. The van der Waals surface area contributed by atoms with Crippen LogP contribution in [0.1, 0.15) is 11.4 Å². The van der Waals surface area contributed by atoms with Gasteiger partial charge in [0.1, 0.15) is 0 Å². The summed E-state index contributed by atoms with van der Waals surface area (Å²) in [5, 5.41) is 8.48. The number of aromatic nitrogens is 2. The van der Waals surface area contributed by atoms with Gasteiger partial charge in [-0.3, -0.25) is 9.97 Å². The molecule has 4 rings (SSSR count). The lowest BCUT2D eigenvalue weighted by Crippen LogP contribution is -2.31. The highest BCUT2D eigenvalue weighted by molar-refractivity contribution is 7.89. The summed E-state index contributed by atoms with van der Waals surface area (Å²) in [5.74, 6) is 0. The van der Waals surface area contributed by atoms with Gasteiger partial charge in [0.25, 0.3) is 0 Å². The number of nitrogens with zero attached hydrogens (tertiary/aromatic N) is 6. The van der Waals surface area contributed by atoms with Crippen LogP contribution in [0.5, 0.6) is 0 Å². The van der Waals surface area contributed by atoms with Gasteiger partial charge in [-0.1, -0.05) is 12.1 Å². The number of hydrogen-bond acceptors (Lipinski definition) is 7. The van der Waals surface area contributed by atoms with E-state index < -0.39 is 10.0 Å². The normalized spacial score (nSPS) is 11.7. The molecule has 0 amide bonds. The Labute approximate surface area is 205 Å². The van der Waals surface area contributed by atoms with Gasteiger partial charge >= 0.3 is 0 Å². The Bertz CT molecular complexity index is 1320. The third-order valence-corrected chi connectivity index (χ3v) is 7.06. The minimum Gasteiger partial charge on any atom is -0.378 e. The van der Waals surface area contributed by atoms with Gasteiger partial charge in [0.15, 0.2) is 0 Å². The summed E-state index contributed by atoms with van der Waals surface area (Å²) in [5.41, 5.74) is 3.64. The molecule has 178 valence electrons. The number of anilines is 1. The van der Waals surface area contributed by atoms with Crippen molar-refractivity contribution in [2.45, 2.75) is 18.0 Å². The number of sulfonamides is 1. The predicted molar refractivity (Wildman–Crippen MR) is 136 cm³/mol. The molecule has 0 bridgehead atoms. The van der Waals surface area contributed by atoms with Crippen LogP contribution < -0.4 is 4.90 Å². The molecule has 2 aromatic heterocycles. The maximum absolute atomic E-state index is 13.5. The molecule has 0 atom stereocenters. The molecule has 0 saturated heterocycles. The van der Waals surface area contributed by atoms with Gasteiger partial charge in [0, 0.05) is 32.2 Å². The van der Waals surface area contributed by atoms with E-state index in [9.17, 15) is 8.42 Å². The Kier molecular flexibility index (Phi) is 7.59. The lowest BCUT2D eigenvalue weighted by Gasteiger charge is -2.21. The van der Waals surface area contributed by atoms with Gasteiger partial charge < -0.3 is 4.90 Å². The van der Waals surface area contributed by atoms with Crippen LogP contribution in [0, 0.1) is 0 Å². The highest BCUT2D eigenvalue weighted by Gasteiger charge is 2.25. The van der Waals surface area contributed by atoms with Gasteiger partial charge in [-0.15, -0.1) is 0 Å². The summed E-state index contributed by atoms with van der Waals surface area (Å²) in [6.07, 6.45) is 3.30. The van der Waals surface area contributed by atoms with Gasteiger partial charge in [0.05, 0.1) is 40.7 Å². The van der Waals surface area contributed by atoms with Crippen molar-refractivity contribution in [1.29, 1.82) is 0 Å². The van der Waals surface area contributed by atoms with E-state index in [4.69, 9.17) is 0 Å². The monoisotopic (exact) mass is 486 g/mol. The summed E-state index contributed by atoms with van der Waals surface area (Å²) in [4.78, 5) is 10.8. The van der Waals surface area contributed by atoms with Crippen molar-refractivity contribution in [3.05, 3.63) is 109 Å². The molecule has 0 aliphatic heterocycles. The van der Waals surface area contributed by atoms with E-state index in [2.05, 4.69) is 20.2 Å². The lowest BCUT2D eigenvalue weighted by molar-refractivity contribution is 0.393. The maximum Gasteiger partial charge on any atom is 0.243 e. The second kappa shape index (κ2) is 11.0.